The number of ether oxygens (including phenoxy) is 1. The number of carbonyl (C=O) groups excluding carboxylic acids is 1. The van der Waals surface area contributed by atoms with E-state index in [1.54, 1.807) is 6.07 Å². The van der Waals surface area contributed by atoms with Crippen LogP contribution in [0.3, 0.4) is 0 Å². The topological polar surface area (TPSA) is 64.3 Å². The first-order valence-electron chi connectivity index (χ1n) is 6.93. The van der Waals surface area contributed by atoms with E-state index in [1.807, 2.05) is 49.4 Å². The molecule has 0 radical (unpaired) electrons. The second-order valence-corrected chi connectivity index (χ2v) is 4.91. The van der Waals surface area contributed by atoms with Crippen LogP contribution < -0.4 is 11.1 Å². The van der Waals surface area contributed by atoms with Crippen LogP contribution in [-0.4, -0.2) is 12.5 Å². The highest BCUT2D eigenvalue weighted by atomic mass is 16.5. The average Bonchev–Trinajstić information content (AvgIpc) is 2.48. The first-order valence-corrected chi connectivity index (χ1v) is 6.93. The predicted octanol–water partition coefficient (Wildman–Crippen LogP) is 3.12. The molecule has 0 unspecified atom stereocenters. The number of rotatable bonds is 6. The summed E-state index contributed by atoms with van der Waals surface area (Å²) in [5.74, 6) is -0.0724. The molecule has 0 spiro atoms. The molecule has 2 rings (SSSR count). The minimum atomic E-state index is -0.0724. The van der Waals surface area contributed by atoms with Crippen molar-refractivity contribution < 1.29 is 9.53 Å². The molecule has 4 heteroatoms. The summed E-state index contributed by atoms with van der Waals surface area (Å²) in [6.07, 6.45) is 0.321. The van der Waals surface area contributed by atoms with E-state index in [1.165, 1.54) is 0 Å². The second kappa shape index (κ2) is 7.45. The standard InChI is InChI=1S/C17H20N2O2/c1-13-7-8-15(18)11-16(13)19-17(20)9-10-21-12-14-5-3-2-4-6-14/h2-8,11H,9-10,12,18H2,1H3,(H,19,20). The zero-order valence-corrected chi connectivity index (χ0v) is 12.1. The van der Waals surface area contributed by atoms with Gasteiger partial charge >= 0.3 is 0 Å². The summed E-state index contributed by atoms with van der Waals surface area (Å²) in [4.78, 5) is 11.9. The van der Waals surface area contributed by atoms with Crippen molar-refractivity contribution >= 4 is 17.3 Å². The molecule has 0 aliphatic heterocycles. The molecule has 0 fully saturated rings. The number of nitrogens with one attached hydrogen (secondary N) is 1. The Kier molecular flexibility index (Phi) is 5.35. The van der Waals surface area contributed by atoms with Crippen LogP contribution in [-0.2, 0) is 16.1 Å². The Morgan fingerprint density at radius 1 is 1.19 bits per heavy atom. The van der Waals surface area contributed by atoms with E-state index in [0.29, 0.717) is 25.3 Å². The molecular weight excluding hydrogens is 264 g/mol. The molecule has 0 saturated heterocycles. The van der Waals surface area contributed by atoms with Crippen LogP contribution >= 0.6 is 0 Å². The quantitative estimate of drug-likeness (QED) is 0.632. The summed E-state index contributed by atoms with van der Waals surface area (Å²) in [5, 5.41) is 2.85. The summed E-state index contributed by atoms with van der Waals surface area (Å²) in [6.45, 7) is 2.84. The van der Waals surface area contributed by atoms with Crippen molar-refractivity contribution in [3.63, 3.8) is 0 Å². The van der Waals surface area contributed by atoms with Gasteiger partial charge in [-0.05, 0) is 30.2 Å². The molecule has 21 heavy (non-hydrogen) atoms. The van der Waals surface area contributed by atoms with Gasteiger partial charge in [0.15, 0.2) is 0 Å². The highest BCUT2D eigenvalue weighted by Gasteiger charge is 2.05. The van der Waals surface area contributed by atoms with Gasteiger partial charge in [0.25, 0.3) is 0 Å². The molecule has 0 aromatic heterocycles. The Morgan fingerprint density at radius 2 is 1.95 bits per heavy atom. The maximum atomic E-state index is 11.9. The van der Waals surface area contributed by atoms with Crippen LogP contribution in [0.25, 0.3) is 0 Å². The molecule has 0 aliphatic rings. The van der Waals surface area contributed by atoms with Crippen LogP contribution in [0.5, 0.6) is 0 Å². The lowest BCUT2D eigenvalue weighted by atomic mass is 10.2. The Bertz CT molecular complexity index is 597. The van der Waals surface area contributed by atoms with Crippen molar-refractivity contribution in [2.45, 2.75) is 20.0 Å². The van der Waals surface area contributed by atoms with Crippen LogP contribution in [0.15, 0.2) is 48.5 Å². The molecule has 0 atom stereocenters. The van der Waals surface area contributed by atoms with E-state index in [9.17, 15) is 4.79 Å². The molecule has 2 aromatic carbocycles. The number of amides is 1. The van der Waals surface area contributed by atoms with Crippen molar-refractivity contribution in [1.29, 1.82) is 0 Å². The van der Waals surface area contributed by atoms with Crippen LogP contribution in [0, 0.1) is 6.92 Å². The summed E-state index contributed by atoms with van der Waals surface area (Å²) >= 11 is 0. The van der Waals surface area contributed by atoms with Gasteiger partial charge < -0.3 is 15.8 Å². The number of nitrogens with two attached hydrogens (primary N) is 1. The Balaban J connectivity index is 1.74. The molecule has 2 aromatic rings. The number of carbonyl (C=O) groups is 1. The summed E-state index contributed by atoms with van der Waals surface area (Å²) in [7, 11) is 0. The van der Waals surface area contributed by atoms with E-state index >= 15 is 0 Å². The first kappa shape index (κ1) is 15.1. The van der Waals surface area contributed by atoms with Gasteiger partial charge in [0, 0.05) is 11.4 Å². The molecule has 110 valence electrons. The maximum Gasteiger partial charge on any atom is 0.226 e. The van der Waals surface area contributed by atoms with Gasteiger partial charge in [-0.15, -0.1) is 0 Å². The number of hydrogen-bond acceptors (Lipinski definition) is 3. The fourth-order valence-corrected chi connectivity index (χ4v) is 1.92. The molecule has 0 bridgehead atoms. The molecular formula is C17H20N2O2. The van der Waals surface area contributed by atoms with Crippen LogP contribution in [0.1, 0.15) is 17.5 Å². The van der Waals surface area contributed by atoms with Gasteiger partial charge in [0.05, 0.1) is 19.6 Å². The van der Waals surface area contributed by atoms with Gasteiger partial charge in [-0.1, -0.05) is 36.4 Å². The zero-order valence-electron chi connectivity index (χ0n) is 12.1. The smallest absolute Gasteiger partial charge is 0.226 e. The molecule has 0 aliphatic carbocycles. The fraction of sp³-hybridized carbons (Fsp3) is 0.235. The predicted molar refractivity (Wildman–Crippen MR) is 84.9 cm³/mol. The lowest BCUT2D eigenvalue weighted by molar-refractivity contribution is -0.117. The highest BCUT2D eigenvalue weighted by Crippen LogP contribution is 2.18. The zero-order chi connectivity index (χ0) is 15.1. The van der Waals surface area contributed by atoms with Gasteiger partial charge in [-0.2, -0.15) is 0 Å². The molecule has 1 amide bonds. The third-order valence-corrected chi connectivity index (χ3v) is 3.12. The lowest BCUT2D eigenvalue weighted by Crippen LogP contribution is -2.15. The summed E-state index contributed by atoms with van der Waals surface area (Å²) in [5.41, 5.74) is 9.19. The van der Waals surface area contributed by atoms with E-state index in [-0.39, 0.29) is 5.91 Å². The van der Waals surface area contributed by atoms with Crippen molar-refractivity contribution in [2.75, 3.05) is 17.7 Å². The average molecular weight is 284 g/mol. The monoisotopic (exact) mass is 284 g/mol. The molecule has 0 saturated carbocycles. The third kappa shape index (κ3) is 4.93. The largest absolute Gasteiger partial charge is 0.399 e. The van der Waals surface area contributed by atoms with Crippen LogP contribution in [0.4, 0.5) is 11.4 Å². The molecule has 4 nitrogen and oxygen atoms in total. The Morgan fingerprint density at radius 3 is 2.71 bits per heavy atom. The SMILES string of the molecule is Cc1ccc(N)cc1NC(=O)CCOCc1ccccc1. The minimum absolute atomic E-state index is 0.0724. The van der Waals surface area contributed by atoms with Crippen molar-refractivity contribution in [3.05, 3.63) is 59.7 Å². The fourth-order valence-electron chi connectivity index (χ4n) is 1.92. The van der Waals surface area contributed by atoms with E-state index in [2.05, 4.69) is 5.32 Å². The van der Waals surface area contributed by atoms with E-state index in [4.69, 9.17) is 10.5 Å². The highest BCUT2D eigenvalue weighted by molar-refractivity contribution is 5.92. The summed E-state index contributed by atoms with van der Waals surface area (Å²) < 4.78 is 5.50. The number of nitrogen functional groups attached to an aromatic ring is 1. The van der Waals surface area contributed by atoms with Gasteiger partial charge in [-0.3, -0.25) is 4.79 Å². The van der Waals surface area contributed by atoms with E-state index < -0.39 is 0 Å². The number of anilines is 2. The third-order valence-electron chi connectivity index (χ3n) is 3.12. The maximum absolute atomic E-state index is 11.9. The van der Waals surface area contributed by atoms with Gasteiger partial charge in [0.2, 0.25) is 5.91 Å². The normalized spacial score (nSPS) is 10.3. The van der Waals surface area contributed by atoms with Crippen molar-refractivity contribution in [3.8, 4) is 0 Å². The van der Waals surface area contributed by atoms with Gasteiger partial charge in [-0.25, -0.2) is 0 Å². The van der Waals surface area contributed by atoms with Crippen molar-refractivity contribution in [1.82, 2.24) is 0 Å². The summed E-state index contributed by atoms with van der Waals surface area (Å²) in [6, 6.07) is 15.3. The number of hydrogen-bond donors (Lipinski definition) is 2. The van der Waals surface area contributed by atoms with E-state index in [0.717, 1.165) is 16.8 Å². The molecule has 3 N–H and O–H groups in total. The Hall–Kier alpha value is -2.33. The first-order chi connectivity index (χ1) is 10.1. The number of aryl methyl sites for hydroxylation is 1. The van der Waals surface area contributed by atoms with Gasteiger partial charge in [0.1, 0.15) is 0 Å². The van der Waals surface area contributed by atoms with Crippen molar-refractivity contribution in [2.24, 2.45) is 0 Å². The minimum Gasteiger partial charge on any atom is -0.399 e. The lowest BCUT2D eigenvalue weighted by Gasteiger charge is -2.09. The molecule has 0 heterocycles. The van der Waals surface area contributed by atoms with Crippen LogP contribution in [0.2, 0.25) is 0 Å². The second-order valence-electron chi connectivity index (χ2n) is 4.91. The Labute approximate surface area is 124 Å². The number of benzene rings is 2.